The monoisotopic (exact) mass is 371 g/mol. The molecule has 0 bridgehead atoms. The first kappa shape index (κ1) is 18.7. The molecule has 0 aromatic carbocycles. The maximum atomic E-state index is 12.6. The lowest BCUT2D eigenvalue weighted by Gasteiger charge is -2.35. The quantitative estimate of drug-likeness (QED) is 0.452. The summed E-state index contributed by atoms with van der Waals surface area (Å²) in [4.78, 5) is 24.9. The largest absolute Gasteiger partial charge is 0.490 e. The Bertz CT molecular complexity index is 775. The molecule has 1 N–H and O–H groups in total. The number of ether oxygens (including phenoxy) is 1. The number of pyridine rings is 1. The van der Waals surface area contributed by atoms with Gasteiger partial charge in [-0.2, -0.15) is 5.10 Å². The van der Waals surface area contributed by atoms with Gasteiger partial charge in [-0.1, -0.05) is 0 Å². The van der Waals surface area contributed by atoms with E-state index in [-0.39, 0.29) is 12.5 Å². The van der Waals surface area contributed by atoms with Gasteiger partial charge in [0.1, 0.15) is 18.9 Å². The van der Waals surface area contributed by atoms with E-state index in [2.05, 4.69) is 20.4 Å². The molecule has 0 spiro atoms. The number of amides is 1. The van der Waals surface area contributed by atoms with E-state index < -0.39 is 0 Å². The van der Waals surface area contributed by atoms with Crippen LogP contribution in [0.25, 0.3) is 0 Å². The molecule has 0 unspecified atom stereocenters. The highest BCUT2D eigenvalue weighted by Crippen LogP contribution is 2.16. The molecule has 2 aromatic heterocycles. The van der Waals surface area contributed by atoms with Crippen molar-refractivity contribution in [1.29, 1.82) is 0 Å². The van der Waals surface area contributed by atoms with Crippen LogP contribution in [0.15, 0.2) is 41.9 Å². The topological polar surface area (TPSA) is 87.9 Å². The highest BCUT2D eigenvalue weighted by atomic mass is 16.5. The van der Waals surface area contributed by atoms with Gasteiger partial charge < -0.3 is 19.9 Å². The molecule has 1 saturated heterocycles. The number of hydrogen-bond donors (Lipinski definition) is 1. The van der Waals surface area contributed by atoms with Gasteiger partial charge in [0, 0.05) is 39.1 Å². The van der Waals surface area contributed by atoms with Crippen LogP contribution in [0, 0.1) is 0 Å². The Balaban J connectivity index is 1.56. The molecular weight excluding hydrogens is 346 g/mol. The van der Waals surface area contributed by atoms with Crippen LogP contribution in [-0.2, 0) is 11.8 Å². The number of aliphatic imine (C=N–C) groups is 1. The first-order valence-electron chi connectivity index (χ1n) is 9.02. The van der Waals surface area contributed by atoms with Gasteiger partial charge in [0.25, 0.3) is 0 Å². The lowest BCUT2D eigenvalue weighted by molar-refractivity contribution is -0.120. The number of guanidine groups is 1. The summed E-state index contributed by atoms with van der Waals surface area (Å²) in [5.74, 6) is 1.48. The van der Waals surface area contributed by atoms with E-state index in [0.717, 1.165) is 23.9 Å². The number of rotatable bonds is 6. The molecule has 2 aromatic rings. The number of nitrogens with zero attached hydrogens (tertiary/aromatic N) is 6. The second-order valence-electron chi connectivity index (χ2n) is 6.11. The second-order valence-corrected chi connectivity index (χ2v) is 6.11. The van der Waals surface area contributed by atoms with Crippen LogP contribution in [0.1, 0.15) is 6.92 Å². The van der Waals surface area contributed by atoms with Crippen molar-refractivity contribution in [2.24, 2.45) is 12.0 Å². The zero-order chi connectivity index (χ0) is 19.1. The summed E-state index contributed by atoms with van der Waals surface area (Å²) in [5, 5.41) is 7.39. The second kappa shape index (κ2) is 9.02. The van der Waals surface area contributed by atoms with Gasteiger partial charge in [-0.3, -0.25) is 14.5 Å². The Labute approximate surface area is 158 Å². The van der Waals surface area contributed by atoms with Gasteiger partial charge in [-0.15, -0.1) is 0 Å². The summed E-state index contributed by atoms with van der Waals surface area (Å²) >= 11 is 0. The third-order valence-corrected chi connectivity index (χ3v) is 4.11. The number of piperazine rings is 1. The van der Waals surface area contributed by atoms with Gasteiger partial charge >= 0.3 is 0 Å². The molecule has 3 rings (SSSR count). The van der Waals surface area contributed by atoms with E-state index >= 15 is 0 Å². The first-order valence-corrected chi connectivity index (χ1v) is 9.02. The van der Waals surface area contributed by atoms with Crippen LogP contribution >= 0.6 is 0 Å². The molecule has 1 amide bonds. The third-order valence-electron chi connectivity index (χ3n) is 4.11. The zero-order valence-corrected chi connectivity index (χ0v) is 15.7. The van der Waals surface area contributed by atoms with Crippen LogP contribution in [0.2, 0.25) is 0 Å². The van der Waals surface area contributed by atoms with Crippen LogP contribution in [0.3, 0.4) is 0 Å². The summed E-state index contributed by atoms with van der Waals surface area (Å²) in [7, 11) is 1.84. The molecule has 9 heteroatoms. The molecular formula is C18H25N7O2. The number of aromatic nitrogens is 3. The molecule has 27 heavy (non-hydrogen) atoms. The summed E-state index contributed by atoms with van der Waals surface area (Å²) in [5.41, 5.74) is 0.828. The van der Waals surface area contributed by atoms with Crippen molar-refractivity contribution in [2.75, 3.05) is 44.2 Å². The van der Waals surface area contributed by atoms with Crippen LogP contribution in [0.4, 0.5) is 5.69 Å². The van der Waals surface area contributed by atoms with Crippen molar-refractivity contribution in [2.45, 2.75) is 6.92 Å². The average molecular weight is 371 g/mol. The molecule has 0 aliphatic carbocycles. The molecule has 0 radical (unpaired) electrons. The predicted octanol–water partition coefficient (Wildman–Crippen LogP) is 0.508. The predicted molar refractivity (Wildman–Crippen MR) is 103 cm³/mol. The normalized spacial score (nSPS) is 15.2. The highest BCUT2D eigenvalue weighted by Gasteiger charge is 2.27. The van der Waals surface area contributed by atoms with Gasteiger partial charge in [0.15, 0.2) is 5.96 Å². The first-order chi connectivity index (χ1) is 13.2. The number of carbonyl (C=O) groups excluding carboxylic acids is 1. The van der Waals surface area contributed by atoms with Crippen molar-refractivity contribution in [3.63, 3.8) is 0 Å². The van der Waals surface area contributed by atoms with Crippen LogP contribution in [0.5, 0.6) is 5.75 Å². The van der Waals surface area contributed by atoms with E-state index in [1.807, 2.05) is 37.2 Å². The van der Waals surface area contributed by atoms with Crippen molar-refractivity contribution in [3.8, 4) is 5.75 Å². The Hall–Kier alpha value is -3.10. The maximum absolute atomic E-state index is 12.6. The number of hydrogen-bond acceptors (Lipinski definition) is 5. The maximum Gasteiger partial charge on any atom is 0.246 e. The molecule has 1 aliphatic heterocycles. The summed E-state index contributed by atoms with van der Waals surface area (Å²) in [6.45, 7) is 5.27. The number of carbonyl (C=O) groups is 1. The third kappa shape index (κ3) is 4.96. The highest BCUT2D eigenvalue weighted by molar-refractivity contribution is 5.98. The molecule has 144 valence electrons. The van der Waals surface area contributed by atoms with E-state index in [1.165, 1.54) is 0 Å². The van der Waals surface area contributed by atoms with Crippen molar-refractivity contribution < 1.29 is 9.53 Å². The molecule has 0 saturated carbocycles. The fourth-order valence-corrected chi connectivity index (χ4v) is 2.85. The Morgan fingerprint density at radius 3 is 2.93 bits per heavy atom. The molecule has 1 aliphatic rings. The zero-order valence-electron chi connectivity index (χ0n) is 15.7. The summed E-state index contributed by atoms with van der Waals surface area (Å²) in [6, 6.07) is 3.69. The van der Waals surface area contributed by atoms with Crippen LogP contribution in [-0.4, -0.2) is 70.9 Å². The Morgan fingerprint density at radius 2 is 2.26 bits per heavy atom. The van der Waals surface area contributed by atoms with E-state index in [1.54, 1.807) is 28.2 Å². The fourth-order valence-electron chi connectivity index (χ4n) is 2.85. The van der Waals surface area contributed by atoms with Gasteiger partial charge in [-0.25, -0.2) is 4.99 Å². The number of nitrogens with one attached hydrogen (secondary N) is 1. The summed E-state index contributed by atoms with van der Waals surface area (Å²) in [6.07, 6.45) is 6.94. The molecule has 1 fully saturated rings. The minimum absolute atomic E-state index is 0.0338. The smallest absolute Gasteiger partial charge is 0.246 e. The lowest BCUT2D eigenvalue weighted by atomic mass is 10.3. The van der Waals surface area contributed by atoms with Gasteiger partial charge in [0.05, 0.1) is 24.6 Å². The Morgan fingerprint density at radius 1 is 1.37 bits per heavy atom. The molecule has 3 heterocycles. The minimum atomic E-state index is 0.0338. The SMILES string of the molecule is CCNC(=NCCOc1cccnc1)N1CCN(c2cnn(C)c2)C(=O)C1. The van der Waals surface area contributed by atoms with Crippen molar-refractivity contribution >= 4 is 17.6 Å². The van der Waals surface area contributed by atoms with Gasteiger partial charge in [0.2, 0.25) is 5.91 Å². The number of anilines is 1. The minimum Gasteiger partial charge on any atom is -0.490 e. The van der Waals surface area contributed by atoms with Gasteiger partial charge in [-0.05, 0) is 19.1 Å². The van der Waals surface area contributed by atoms with E-state index in [0.29, 0.717) is 26.2 Å². The van der Waals surface area contributed by atoms with E-state index in [9.17, 15) is 4.79 Å². The molecule has 0 atom stereocenters. The summed E-state index contributed by atoms with van der Waals surface area (Å²) < 4.78 is 7.32. The lowest BCUT2D eigenvalue weighted by Crippen LogP contribution is -2.55. The van der Waals surface area contributed by atoms with Crippen LogP contribution < -0.4 is 15.0 Å². The van der Waals surface area contributed by atoms with Crippen molar-refractivity contribution in [3.05, 3.63) is 36.9 Å². The van der Waals surface area contributed by atoms with Crippen molar-refractivity contribution in [1.82, 2.24) is 25.0 Å². The average Bonchev–Trinajstić information content (AvgIpc) is 3.11. The standard InChI is InChI=1S/C18H25N7O2/c1-3-20-18(21-7-10-27-16-5-4-6-19-12-16)24-8-9-25(17(26)14-24)15-11-22-23(2)13-15/h4-6,11-13H,3,7-10,14H2,1-2H3,(H,20,21). The molecule has 9 nitrogen and oxygen atoms in total. The number of aryl methyl sites for hydroxylation is 1. The van der Waals surface area contributed by atoms with E-state index in [4.69, 9.17) is 4.74 Å². The Kier molecular flexibility index (Phi) is 6.24. The fraction of sp³-hybridized carbons (Fsp3) is 0.444.